The Balaban J connectivity index is 1.97. The normalized spacial score (nSPS) is 17.4. The maximum absolute atomic E-state index is 12.2. The monoisotopic (exact) mass is 387 g/mol. The van der Waals surface area contributed by atoms with E-state index in [0.29, 0.717) is 28.1 Å². The lowest BCUT2D eigenvalue weighted by molar-refractivity contribution is -0.134. The molecule has 0 aliphatic carbocycles. The number of nitrogens with one attached hydrogen (secondary N) is 1. The van der Waals surface area contributed by atoms with E-state index < -0.39 is 17.2 Å². The van der Waals surface area contributed by atoms with E-state index in [9.17, 15) is 19.2 Å². The lowest BCUT2D eigenvalue weighted by Gasteiger charge is -2.22. The van der Waals surface area contributed by atoms with E-state index in [4.69, 9.17) is 11.6 Å². The van der Waals surface area contributed by atoms with Crippen molar-refractivity contribution in [1.82, 2.24) is 14.5 Å². The standard InChI is InChI=1S/C19H18ClN3O4/c1-22-10-12(18(26)23(2)19(22)27)7-6-11-4-3-5-13(16(11)20)14-8-9-15(24)21-17(14)25/h3-7,10,14H,8-9H2,1-2H3,(H,21,24,25). The van der Waals surface area contributed by atoms with Crippen molar-refractivity contribution < 1.29 is 9.59 Å². The topological polar surface area (TPSA) is 90.2 Å². The first kappa shape index (κ1) is 18.8. The highest BCUT2D eigenvalue weighted by Crippen LogP contribution is 2.33. The number of hydrogen-bond acceptors (Lipinski definition) is 4. The van der Waals surface area contributed by atoms with Crippen LogP contribution in [0.25, 0.3) is 12.2 Å². The fourth-order valence-corrected chi connectivity index (χ4v) is 3.41. The smallest absolute Gasteiger partial charge is 0.303 e. The number of imide groups is 1. The second kappa shape index (κ2) is 7.36. The molecule has 1 aromatic carbocycles. The third kappa shape index (κ3) is 3.64. The van der Waals surface area contributed by atoms with Crippen LogP contribution in [0.1, 0.15) is 35.4 Å². The Kier molecular flexibility index (Phi) is 5.14. The van der Waals surface area contributed by atoms with Gasteiger partial charge in [-0.05, 0) is 23.6 Å². The number of carbonyl (C=O) groups is 2. The van der Waals surface area contributed by atoms with E-state index in [1.165, 1.54) is 17.8 Å². The minimum Gasteiger partial charge on any atom is -0.303 e. The van der Waals surface area contributed by atoms with Crippen LogP contribution in [-0.4, -0.2) is 20.9 Å². The van der Waals surface area contributed by atoms with Crippen LogP contribution < -0.4 is 16.6 Å². The molecule has 7 nitrogen and oxygen atoms in total. The van der Waals surface area contributed by atoms with Crippen LogP contribution in [0.3, 0.4) is 0 Å². The van der Waals surface area contributed by atoms with Crippen LogP contribution in [-0.2, 0) is 23.7 Å². The van der Waals surface area contributed by atoms with Crippen LogP contribution in [0.4, 0.5) is 0 Å². The van der Waals surface area contributed by atoms with Gasteiger partial charge in [0.1, 0.15) is 0 Å². The summed E-state index contributed by atoms with van der Waals surface area (Å²) in [5.41, 5.74) is 0.788. The molecule has 1 atom stereocenters. The predicted octanol–water partition coefficient (Wildman–Crippen LogP) is 1.43. The molecule has 0 spiro atoms. The van der Waals surface area contributed by atoms with E-state index in [0.717, 1.165) is 4.57 Å². The van der Waals surface area contributed by atoms with E-state index in [2.05, 4.69) is 5.32 Å². The number of carbonyl (C=O) groups excluding carboxylic acids is 2. The van der Waals surface area contributed by atoms with Gasteiger partial charge in [-0.3, -0.25) is 24.3 Å². The predicted molar refractivity (Wildman–Crippen MR) is 102 cm³/mol. The number of amides is 2. The molecule has 1 N–H and O–H groups in total. The first-order valence-corrected chi connectivity index (χ1v) is 8.74. The summed E-state index contributed by atoms with van der Waals surface area (Å²) in [6.45, 7) is 0. The van der Waals surface area contributed by atoms with E-state index in [1.807, 2.05) is 0 Å². The summed E-state index contributed by atoms with van der Waals surface area (Å²) in [7, 11) is 2.98. The molecule has 8 heteroatoms. The van der Waals surface area contributed by atoms with Gasteiger partial charge in [0.05, 0.1) is 16.5 Å². The van der Waals surface area contributed by atoms with Gasteiger partial charge in [0.15, 0.2) is 0 Å². The summed E-state index contributed by atoms with van der Waals surface area (Å²) in [6.07, 6.45) is 5.37. The molecular formula is C19H18ClN3O4. The molecule has 140 valence electrons. The summed E-state index contributed by atoms with van der Waals surface area (Å²) in [4.78, 5) is 47.4. The van der Waals surface area contributed by atoms with Crippen molar-refractivity contribution in [3.8, 4) is 0 Å². The maximum Gasteiger partial charge on any atom is 0.330 e. The van der Waals surface area contributed by atoms with Gasteiger partial charge < -0.3 is 4.57 Å². The Morgan fingerprint density at radius 1 is 1.11 bits per heavy atom. The fourth-order valence-electron chi connectivity index (χ4n) is 3.09. The number of rotatable bonds is 3. The highest BCUT2D eigenvalue weighted by molar-refractivity contribution is 6.33. The summed E-state index contributed by atoms with van der Waals surface area (Å²) < 4.78 is 2.35. The fraction of sp³-hybridized carbons (Fsp3) is 0.263. The van der Waals surface area contributed by atoms with Gasteiger partial charge in [-0.2, -0.15) is 0 Å². The highest BCUT2D eigenvalue weighted by Gasteiger charge is 2.29. The molecule has 0 bridgehead atoms. The average Bonchev–Trinajstić information content (AvgIpc) is 2.63. The summed E-state index contributed by atoms with van der Waals surface area (Å²) >= 11 is 6.48. The molecule has 1 aliphatic rings. The number of piperidine rings is 1. The van der Waals surface area contributed by atoms with Gasteiger partial charge in [0.2, 0.25) is 11.8 Å². The number of halogens is 1. The molecule has 27 heavy (non-hydrogen) atoms. The van der Waals surface area contributed by atoms with Gasteiger partial charge in [0.25, 0.3) is 5.56 Å². The van der Waals surface area contributed by atoms with Crippen LogP contribution >= 0.6 is 11.6 Å². The lowest BCUT2D eigenvalue weighted by Crippen LogP contribution is -2.39. The Bertz CT molecular complexity index is 1080. The first-order chi connectivity index (χ1) is 12.8. The number of benzene rings is 1. The second-order valence-corrected chi connectivity index (χ2v) is 6.81. The van der Waals surface area contributed by atoms with Crippen molar-refractivity contribution in [2.75, 3.05) is 0 Å². The van der Waals surface area contributed by atoms with Gasteiger partial charge in [-0.25, -0.2) is 4.79 Å². The Morgan fingerprint density at radius 2 is 1.81 bits per heavy atom. The zero-order chi connectivity index (χ0) is 19.7. The molecular weight excluding hydrogens is 370 g/mol. The Hall–Kier alpha value is -2.93. The second-order valence-electron chi connectivity index (χ2n) is 6.43. The Labute approximate surface area is 159 Å². The zero-order valence-corrected chi connectivity index (χ0v) is 15.6. The van der Waals surface area contributed by atoms with Crippen molar-refractivity contribution in [2.24, 2.45) is 14.1 Å². The molecule has 0 radical (unpaired) electrons. The van der Waals surface area contributed by atoms with E-state index >= 15 is 0 Å². The SMILES string of the molecule is Cn1cc(C=Cc2cccc(C3CCC(=O)NC3=O)c2Cl)c(=O)n(C)c1=O. The number of aromatic nitrogens is 2. The summed E-state index contributed by atoms with van der Waals surface area (Å²) in [5, 5.41) is 2.72. The molecule has 1 aromatic heterocycles. The van der Waals surface area contributed by atoms with Crippen LogP contribution in [0.5, 0.6) is 0 Å². The third-order valence-corrected chi connectivity index (χ3v) is 5.02. The molecule has 2 heterocycles. The number of hydrogen-bond donors (Lipinski definition) is 1. The van der Waals surface area contributed by atoms with Gasteiger partial charge in [-0.15, -0.1) is 0 Å². The lowest BCUT2D eigenvalue weighted by atomic mass is 9.89. The molecule has 0 saturated carbocycles. The van der Waals surface area contributed by atoms with Gasteiger partial charge in [0, 0.05) is 26.7 Å². The molecule has 1 fully saturated rings. The van der Waals surface area contributed by atoms with Crippen LogP contribution in [0, 0.1) is 0 Å². The number of aryl methyl sites for hydroxylation is 1. The van der Waals surface area contributed by atoms with E-state index in [1.54, 1.807) is 37.4 Å². The van der Waals surface area contributed by atoms with E-state index in [-0.39, 0.29) is 18.2 Å². The quantitative estimate of drug-likeness (QED) is 0.807. The van der Waals surface area contributed by atoms with Gasteiger partial charge >= 0.3 is 5.69 Å². The molecule has 1 saturated heterocycles. The van der Waals surface area contributed by atoms with Crippen molar-refractivity contribution in [3.05, 3.63) is 66.9 Å². The largest absolute Gasteiger partial charge is 0.330 e. The van der Waals surface area contributed by atoms with Crippen molar-refractivity contribution in [3.63, 3.8) is 0 Å². The summed E-state index contributed by atoms with van der Waals surface area (Å²) in [5.74, 6) is -1.14. The van der Waals surface area contributed by atoms with Crippen molar-refractivity contribution in [1.29, 1.82) is 0 Å². The zero-order valence-electron chi connectivity index (χ0n) is 14.9. The third-order valence-electron chi connectivity index (χ3n) is 4.59. The molecule has 2 aromatic rings. The molecule has 1 aliphatic heterocycles. The Morgan fingerprint density at radius 3 is 2.52 bits per heavy atom. The average molecular weight is 388 g/mol. The molecule has 1 unspecified atom stereocenters. The van der Waals surface area contributed by atoms with Gasteiger partial charge in [-0.1, -0.05) is 35.9 Å². The minimum absolute atomic E-state index is 0.265. The maximum atomic E-state index is 12.2. The summed E-state index contributed by atoms with van der Waals surface area (Å²) in [6, 6.07) is 5.29. The van der Waals surface area contributed by atoms with Crippen LogP contribution in [0.2, 0.25) is 5.02 Å². The van der Waals surface area contributed by atoms with Crippen LogP contribution in [0.15, 0.2) is 34.0 Å². The molecule has 3 rings (SSSR count). The number of nitrogens with zero attached hydrogens (tertiary/aromatic N) is 2. The highest BCUT2D eigenvalue weighted by atomic mass is 35.5. The minimum atomic E-state index is -0.492. The van der Waals surface area contributed by atoms with Crippen molar-refractivity contribution >= 4 is 35.6 Å². The molecule has 2 amide bonds. The van der Waals surface area contributed by atoms with Crippen molar-refractivity contribution in [2.45, 2.75) is 18.8 Å². The first-order valence-electron chi connectivity index (χ1n) is 8.36.